The third-order valence-electron chi connectivity index (χ3n) is 17.6. The number of nitrogens with zero attached hydrogens (tertiary/aromatic N) is 6. The summed E-state index contributed by atoms with van der Waals surface area (Å²) in [5, 5.41) is 4.80. The molecule has 0 N–H and O–H groups in total. The summed E-state index contributed by atoms with van der Waals surface area (Å²) in [6.07, 6.45) is 0. The van der Waals surface area contributed by atoms with Gasteiger partial charge in [-0.25, -0.2) is 0 Å². The molecule has 0 radical (unpaired) electrons. The number of anilines is 10. The fourth-order valence-corrected chi connectivity index (χ4v) is 14.4. The van der Waals surface area contributed by atoms with Gasteiger partial charge in [0.2, 0.25) is 0 Å². The van der Waals surface area contributed by atoms with Crippen molar-refractivity contribution in [3.05, 3.63) is 310 Å². The predicted octanol–water partition coefficient (Wildman–Crippen LogP) is 22.3. The summed E-state index contributed by atoms with van der Waals surface area (Å²) in [6, 6.07) is 95.5. The van der Waals surface area contributed by atoms with Crippen molar-refractivity contribution in [1.29, 1.82) is 0 Å². The van der Waals surface area contributed by atoms with Gasteiger partial charge in [-0.3, -0.25) is 0 Å². The molecule has 0 saturated carbocycles. The molecule has 6 heteroatoms. The number of rotatable bonds is 14. The van der Waals surface area contributed by atoms with Gasteiger partial charge < -0.3 is 28.4 Å². The Kier molecular flexibility index (Phi) is 13.4. The Morgan fingerprint density at radius 2 is 0.534 bits per heavy atom. The zero-order valence-electron chi connectivity index (χ0n) is 51.3. The Labute approximate surface area is 516 Å². The van der Waals surface area contributed by atoms with E-state index in [1.165, 1.54) is 99.6 Å². The zero-order chi connectivity index (χ0) is 59.9. The lowest BCUT2D eigenvalue weighted by Crippen LogP contribution is -2.16. The van der Waals surface area contributed by atoms with Crippen LogP contribution in [-0.4, -0.2) is 8.80 Å². The van der Waals surface area contributed by atoms with Crippen LogP contribution in [-0.2, 0) is 13.1 Å². The van der Waals surface area contributed by atoms with Crippen molar-refractivity contribution < 1.29 is 0 Å². The number of aryl methyl sites for hydroxylation is 8. The number of aromatic nitrogens is 2. The highest BCUT2D eigenvalue weighted by Crippen LogP contribution is 2.51. The van der Waals surface area contributed by atoms with Crippen molar-refractivity contribution in [2.45, 2.75) is 68.5 Å². The third kappa shape index (κ3) is 9.53. The molecule has 0 bridgehead atoms. The molecule has 0 saturated heterocycles. The summed E-state index contributed by atoms with van der Waals surface area (Å²) >= 11 is 0. The summed E-state index contributed by atoms with van der Waals surface area (Å²) < 4.78 is 5.20. The molecule has 88 heavy (non-hydrogen) atoms. The maximum atomic E-state index is 2.60. The topological polar surface area (TPSA) is 21.8 Å². The Morgan fingerprint density at radius 1 is 0.250 bits per heavy atom. The molecule has 3 heterocycles. The average molecular weight is 1140 g/mol. The minimum atomic E-state index is 0.675. The molecule has 3 aromatic heterocycles. The molecule has 0 fully saturated rings. The summed E-state index contributed by atoms with van der Waals surface area (Å²) in [6.45, 7) is 19.0. The van der Waals surface area contributed by atoms with Gasteiger partial charge in [0.15, 0.2) is 0 Å². The Morgan fingerprint density at radius 3 is 0.852 bits per heavy atom. The second kappa shape index (κ2) is 21.7. The van der Waals surface area contributed by atoms with E-state index in [0.29, 0.717) is 13.1 Å². The number of hydrogen-bond acceptors (Lipinski definition) is 4. The van der Waals surface area contributed by atoms with Crippen LogP contribution in [0.5, 0.6) is 0 Å². The van der Waals surface area contributed by atoms with E-state index in [4.69, 9.17) is 0 Å². The zero-order valence-corrected chi connectivity index (χ0v) is 51.3. The van der Waals surface area contributed by atoms with Crippen LogP contribution < -0.4 is 19.6 Å². The third-order valence-corrected chi connectivity index (χ3v) is 17.6. The normalized spacial score (nSPS) is 11.7. The van der Waals surface area contributed by atoms with Gasteiger partial charge in [-0.05, 0) is 257 Å². The van der Waals surface area contributed by atoms with Crippen molar-refractivity contribution in [3.8, 4) is 0 Å². The molecule has 428 valence electrons. The molecule has 0 aliphatic carbocycles. The van der Waals surface area contributed by atoms with Gasteiger partial charge in [0.25, 0.3) is 0 Å². The number of hydrogen-bond donors (Lipinski definition) is 0. The lowest BCUT2D eigenvalue weighted by molar-refractivity contribution is 0.974. The van der Waals surface area contributed by atoms with Crippen molar-refractivity contribution >= 4 is 112 Å². The van der Waals surface area contributed by atoms with E-state index in [-0.39, 0.29) is 0 Å². The number of fused-ring (bicyclic) bond motifs is 8. The van der Waals surface area contributed by atoms with Gasteiger partial charge in [-0.15, -0.1) is 0 Å². The SMILES string of the molecule is Cc1cc(C)cc(N(Cc2ccc3c(c2)c2c(N(c4ccccc4)c4cc(C)cc(C)c4)ccc4c2n3c2ccc(N(c3ccccc3)c3cc(C)cc(C)c3)c3c5cc(CN(c6ccccc6)c6cc(C)cc(C)c6)ccc5n4c32)c2ccccc2)c1. The van der Waals surface area contributed by atoms with E-state index in [1.807, 2.05) is 0 Å². The fraction of sp³-hybridized carbons (Fsp3) is 0.122. The first-order chi connectivity index (χ1) is 42.9. The number of para-hydroxylation sites is 4. The first-order valence-electron chi connectivity index (χ1n) is 30.8. The van der Waals surface area contributed by atoms with Gasteiger partial charge in [-0.2, -0.15) is 0 Å². The lowest BCUT2D eigenvalue weighted by Gasteiger charge is -2.28. The van der Waals surface area contributed by atoms with Gasteiger partial charge in [0.1, 0.15) is 0 Å². The summed E-state index contributed by atoms with van der Waals surface area (Å²) in [5.41, 5.74) is 30.6. The molecule has 0 aliphatic heterocycles. The first kappa shape index (κ1) is 54.1. The molecule has 0 spiro atoms. The highest BCUT2D eigenvalue weighted by Gasteiger charge is 2.29. The summed E-state index contributed by atoms with van der Waals surface area (Å²) in [4.78, 5) is 9.93. The van der Waals surface area contributed by atoms with E-state index in [0.717, 1.165) is 67.6 Å². The minimum Gasteiger partial charge on any atom is -0.337 e. The molecular weight excluding hydrogens is 1070 g/mol. The van der Waals surface area contributed by atoms with Gasteiger partial charge in [0, 0.05) is 80.1 Å². The number of benzene rings is 12. The molecule has 0 unspecified atom stereocenters. The standard InChI is InChI=1S/C82H70N6/c1-53-37-54(2)42-67(41-53)83(63-21-13-9-14-22-63)51-61-29-31-73-71(49-61)79-75(85(65-25-17-11-18-26-65)69-45-57(5)39-58(6)46-69)33-35-77-81(79)87(73)78-36-34-76(86(66-27-19-12-20-28-66)70-47-59(7)40-60(8)48-70)80-72-50-62(30-32-74(72)88(77)82(78)80)52-84(64-23-15-10-16-24-64)68-43-55(3)38-56(4)44-68/h9-50H,51-52H2,1-8H3. The molecule has 15 rings (SSSR count). The second-order valence-corrected chi connectivity index (χ2v) is 24.6. The Bertz CT molecular complexity index is 4730. The van der Waals surface area contributed by atoms with Crippen LogP contribution in [0.3, 0.4) is 0 Å². The smallest absolute Gasteiger partial charge is 0.0804 e. The molecule has 0 aliphatic rings. The maximum Gasteiger partial charge on any atom is 0.0804 e. The van der Waals surface area contributed by atoms with Crippen LogP contribution in [0.25, 0.3) is 54.6 Å². The van der Waals surface area contributed by atoms with E-state index in [2.05, 4.69) is 339 Å². The van der Waals surface area contributed by atoms with Crippen LogP contribution in [0.2, 0.25) is 0 Å². The maximum absolute atomic E-state index is 2.60. The van der Waals surface area contributed by atoms with Crippen LogP contribution in [0, 0.1) is 55.4 Å². The Balaban J connectivity index is 1.06. The molecular formula is C82H70N6. The van der Waals surface area contributed by atoms with Crippen LogP contribution in [0.15, 0.2) is 255 Å². The predicted molar refractivity (Wildman–Crippen MR) is 374 cm³/mol. The monoisotopic (exact) mass is 1140 g/mol. The van der Waals surface area contributed by atoms with Gasteiger partial charge in [0.05, 0.1) is 44.5 Å². The molecule has 6 nitrogen and oxygen atoms in total. The van der Waals surface area contributed by atoms with E-state index in [9.17, 15) is 0 Å². The highest BCUT2D eigenvalue weighted by molar-refractivity contribution is 6.27. The van der Waals surface area contributed by atoms with Crippen molar-refractivity contribution in [3.63, 3.8) is 0 Å². The molecule has 15 aromatic rings. The van der Waals surface area contributed by atoms with Crippen molar-refractivity contribution in [1.82, 2.24) is 8.80 Å². The first-order valence-corrected chi connectivity index (χ1v) is 30.8. The van der Waals surface area contributed by atoms with E-state index >= 15 is 0 Å². The van der Waals surface area contributed by atoms with Crippen LogP contribution in [0.1, 0.15) is 55.6 Å². The van der Waals surface area contributed by atoms with E-state index in [1.54, 1.807) is 0 Å². The van der Waals surface area contributed by atoms with E-state index < -0.39 is 0 Å². The minimum absolute atomic E-state index is 0.675. The Hall–Kier alpha value is -10.6. The lowest BCUT2D eigenvalue weighted by atomic mass is 10.0. The fourth-order valence-electron chi connectivity index (χ4n) is 14.4. The van der Waals surface area contributed by atoms with Crippen molar-refractivity contribution in [2.75, 3.05) is 19.6 Å². The quantitative estimate of drug-likeness (QED) is 0.101. The van der Waals surface area contributed by atoms with Crippen molar-refractivity contribution in [2.24, 2.45) is 0 Å². The van der Waals surface area contributed by atoms with Gasteiger partial charge in [-0.1, -0.05) is 109 Å². The molecule has 12 aromatic carbocycles. The average Bonchev–Trinajstić information content (AvgIpc) is 1.51. The molecule has 0 atom stereocenters. The van der Waals surface area contributed by atoms with Crippen LogP contribution in [0.4, 0.5) is 56.9 Å². The van der Waals surface area contributed by atoms with Gasteiger partial charge >= 0.3 is 0 Å². The highest BCUT2D eigenvalue weighted by atomic mass is 15.2. The largest absolute Gasteiger partial charge is 0.337 e. The second-order valence-electron chi connectivity index (χ2n) is 24.6. The summed E-state index contributed by atoms with van der Waals surface area (Å²) in [5.74, 6) is 0. The van der Waals surface area contributed by atoms with Crippen LogP contribution >= 0.6 is 0 Å². The summed E-state index contributed by atoms with van der Waals surface area (Å²) in [7, 11) is 0. The molecule has 0 amide bonds.